The van der Waals surface area contributed by atoms with Gasteiger partial charge in [0.05, 0.1) is 0 Å². The van der Waals surface area contributed by atoms with Crippen molar-refractivity contribution < 1.29 is 21.6 Å². The first-order valence-electron chi connectivity index (χ1n) is 6.28. The summed E-state index contributed by atoms with van der Waals surface area (Å²) in [5, 5.41) is 3.12. The van der Waals surface area contributed by atoms with Gasteiger partial charge in [-0.3, -0.25) is 0 Å². The lowest BCUT2D eigenvalue weighted by Crippen LogP contribution is -2.43. The van der Waals surface area contributed by atoms with Gasteiger partial charge < -0.3 is 5.32 Å². The Bertz CT molecular complexity index is 587. The fourth-order valence-electron chi connectivity index (χ4n) is 2.10. The zero-order valence-electron chi connectivity index (χ0n) is 10.6. The van der Waals surface area contributed by atoms with Gasteiger partial charge in [0.25, 0.3) is 0 Å². The van der Waals surface area contributed by atoms with Gasteiger partial charge in [0.15, 0.2) is 17.5 Å². The van der Waals surface area contributed by atoms with Crippen LogP contribution in [0.5, 0.6) is 0 Å². The van der Waals surface area contributed by atoms with Gasteiger partial charge in [-0.2, -0.15) is 0 Å². The first-order valence-corrected chi connectivity index (χ1v) is 7.76. The van der Waals surface area contributed by atoms with Crippen LogP contribution in [0, 0.1) is 17.5 Å². The molecule has 0 aromatic heterocycles. The second-order valence-corrected chi connectivity index (χ2v) is 6.41. The molecule has 1 saturated heterocycles. The molecule has 112 valence electrons. The molecule has 8 heteroatoms. The van der Waals surface area contributed by atoms with Gasteiger partial charge in [0, 0.05) is 12.6 Å². The van der Waals surface area contributed by atoms with Gasteiger partial charge in [0.1, 0.15) is 4.90 Å². The van der Waals surface area contributed by atoms with Gasteiger partial charge >= 0.3 is 0 Å². The maximum atomic E-state index is 13.5. The molecular formula is C12H15F3N2O2S. The zero-order valence-corrected chi connectivity index (χ0v) is 11.4. The Morgan fingerprint density at radius 2 is 1.95 bits per heavy atom. The number of nitrogens with one attached hydrogen (secondary N) is 2. The average Bonchev–Trinajstić information content (AvgIpc) is 2.44. The molecule has 20 heavy (non-hydrogen) atoms. The third-order valence-electron chi connectivity index (χ3n) is 3.22. The predicted octanol–water partition coefficient (Wildman–Crippen LogP) is 1.52. The molecule has 0 unspecified atom stereocenters. The van der Waals surface area contributed by atoms with Crippen molar-refractivity contribution in [1.82, 2.24) is 10.0 Å². The number of halogens is 3. The summed E-state index contributed by atoms with van der Waals surface area (Å²) in [6, 6.07) is 1.27. The lowest BCUT2D eigenvalue weighted by molar-refractivity contribution is 0.397. The van der Waals surface area contributed by atoms with E-state index in [1.165, 1.54) is 0 Å². The van der Waals surface area contributed by atoms with Crippen LogP contribution in [-0.2, 0) is 10.0 Å². The minimum atomic E-state index is -4.20. The van der Waals surface area contributed by atoms with Crippen LogP contribution >= 0.6 is 0 Å². The van der Waals surface area contributed by atoms with Crippen molar-refractivity contribution in [1.29, 1.82) is 0 Å². The molecule has 0 amide bonds. The van der Waals surface area contributed by atoms with E-state index in [0.717, 1.165) is 25.8 Å². The Hall–Kier alpha value is -1.12. The summed E-state index contributed by atoms with van der Waals surface area (Å²) >= 11 is 0. The van der Waals surface area contributed by atoms with E-state index in [1.54, 1.807) is 0 Å². The monoisotopic (exact) mass is 308 g/mol. The number of benzene rings is 1. The molecular weight excluding hydrogens is 293 g/mol. The molecule has 4 nitrogen and oxygen atoms in total. The van der Waals surface area contributed by atoms with Crippen molar-refractivity contribution in [3.63, 3.8) is 0 Å². The largest absolute Gasteiger partial charge is 0.313 e. The topological polar surface area (TPSA) is 58.2 Å². The summed E-state index contributed by atoms with van der Waals surface area (Å²) in [5.41, 5.74) is 0. The molecule has 2 rings (SSSR count). The molecule has 1 fully saturated rings. The molecule has 0 saturated carbocycles. The minimum Gasteiger partial charge on any atom is -0.313 e. The molecule has 2 N–H and O–H groups in total. The van der Waals surface area contributed by atoms with Crippen LogP contribution in [0.15, 0.2) is 17.0 Å². The summed E-state index contributed by atoms with van der Waals surface area (Å²) in [5.74, 6) is -4.91. The standard InChI is InChI=1S/C12H15F3N2O2S/c13-9-4-5-10(12(15)11(9)14)20(18,19)17-7-8-3-1-2-6-16-8/h4-5,8,16-17H,1-3,6-7H2/t8-/m0/s1. The SMILES string of the molecule is O=S(=O)(NC[C@@H]1CCCCN1)c1ccc(F)c(F)c1F. The lowest BCUT2D eigenvalue weighted by Gasteiger charge is -2.23. The van der Waals surface area contributed by atoms with Crippen molar-refractivity contribution in [2.24, 2.45) is 0 Å². The van der Waals surface area contributed by atoms with E-state index in [9.17, 15) is 21.6 Å². The smallest absolute Gasteiger partial charge is 0.243 e. The number of rotatable bonds is 4. The van der Waals surface area contributed by atoms with Gasteiger partial charge in [0.2, 0.25) is 10.0 Å². The fourth-order valence-corrected chi connectivity index (χ4v) is 3.25. The van der Waals surface area contributed by atoms with E-state index in [2.05, 4.69) is 10.0 Å². The molecule has 0 radical (unpaired) electrons. The fraction of sp³-hybridized carbons (Fsp3) is 0.500. The maximum Gasteiger partial charge on any atom is 0.243 e. The number of piperidine rings is 1. The predicted molar refractivity (Wildman–Crippen MR) is 67.1 cm³/mol. The molecule has 1 aliphatic heterocycles. The summed E-state index contributed by atoms with van der Waals surface area (Å²) in [6.07, 6.45) is 2.82. The summed E-state index contributed by atoms with van der Waals surface area (Å²) in [6.45, 7) is 0.882. The summed E-state index contributed by atoms with van der Waals surface area (Å²) in [7, 11) is -4.20. The Labute approximate surface area is 115 Å². The van der Waals surface area contributed by atoms with E-state index in [4.69, 9.17) is 0 Å². The van der Waals surface area contributed by atoms with Crippen molar-refractivity contribution >= 4 is 10.0 Å². The highest BCUT2D eigenvalue weighted by molar-refractivity contribution is 7.89. The van der Waals surface area contributed by atoms with Gasteiger partial charge in [-0.25, -0.2) is 26.3 Å². The van der Waals surface area contributed by atoms with Crippen LogP contribution in [0.2, 0.25) is 0 Å². The minimum absolute atomic E-state index is 0.0353. The number of hydrogen-bond acceptors (Lipinski definition) is 3. The van der Waals surface area contributed by atoms with Crippen LogP contribution in [0.3, 0.4) is 0 Å². The average molecular weight is 308 g/mol. The van der Waals surface area contributed by atoms with E-state index < -0.39 is 32.4 Å². The number of hydrogen-bond donors (Lipinski definition) is 2. The Morgan fingerprint density at radius 1 is 1.20 bits per heavy atom. The summed E-state index contributed by atoms with van der Waals surface area (Å²) in [4.78, 5) is -0.882. The van der Waals surface area contributed by atoms with Crippen LogP contribution in [-0.4, -0.2) is 27.5 Å². The number of sulfonamides is 1. The first-order chi connectivity index (χ1) is 9.42. The van der Waals surface area contributed by atoms with Crippen molar-refractivity contribution in [3.05, 3.63) is 29.6 Å². The van der Waals surface area contributed by atoms with Crippen LogP contribution < -0.4 is 10.0 Å². The first kappa shape index (κ1) is 15.3. The van der Waals surface area contributed by atoms with Gasteiger partial charge in [-0.05, 0) is 31.5 Å². The second kappa shape index (κ2) is 6.11. The van der Waals surface area contributed by atoms with E-state index in [0.29, 0.717) is 12.1 Å². The molecule has 1 aliphatic rings. The van der Waals surface area contributed by atoms with Crippen LogP contribution in [0.4, 0.5) is 13.2 Å². The Morgan fingerprint density at radius 3 is 2.60 bits per heavy atom. The van der Waals surface area contributed by atoms with Crippen LogP contribution in [0.25, 0.3) is 0 Å². The molecule has 0 aliphatic carbocycles. The molecule has 1 heterocycles. The van der Waals surface area contributed by atoms with Gasteiger partial charge in [-0.1, -0.05) is 6.42 Å². The highest BCUT2D eigenvalue weighted by atomic mass is 32.2. The highest BCUT2D eigenvalue weighted by Gasteiger charge is 2.25. The van der Waals surface area contributed by atoms with Crippen molar-refractivity contribution in [2.45, 2.75) is 30.2 Å². The molecule has 0 spiro atoms. The third kappa shape index (κ3) is 3.31. The Balaban J connectivity index is 2.12. The highest BCUT2D eigenvalue weighted by Crippen LogP contribution is 2.19. The quantitative estimate of drug-likeness (QED) is 0.829. The van der Waals surface area contributed by atoms with E-state index >= 15 is 0 Å². The molecule has 1 aromatic carbocycles. The zero-order chi connectivity index (χ0) is 14.8. The Kier molecular flexibility index (Phi) is 4.66. The van der Waals surface area contributed by atoms with E-state index in [-0.39, 0.29) is 12.6 Å². The molecule has 0 bridgehead atoms. The van der Waals surface area contributed by atoms with Gasteiger partial charge in [-0.15, -0.1) is 0 Å². The van der Waals surface area contributed by atoms with Crippen molar-refractivity contribution in [3.8, 4) is 0 Å². The lowest BCUT2D eigenvalue weighted by atomic mass is 10.1. The third-order valence-corrected chi connectivity index (χ3v) is 4.66. The molecule has 1 atom stereocenters. The second-order valence-electron chi connectivity index (χ2n) is 4.67. The molecule has 1 aromatic rings. The summed E-state index contributed by atoms with van der Waals surface area (Å²) < 4.78 is 65.3. The van der Waals surface area contributed by atoms with Crippen molar-refractivity contribution in [2.75, 3.05) is 13.1 Å². The maximum absolute atomic E-state index is 13.5. The normalized spacial score (nSPS) is 20.1. The van der Waals surface area contributed by atoms with Crippen LogP contribution in [0.1, 0.15) is 19.3 Å². The van der Waals surface area contributed by atoms with E-state index in [1.807, 2.05) is 0 Å².